The predicted octanol–water partition coefficient (Wildman–Crippen LogP) is 2.57. The van der Waals surface area contributed by atoms with Crippen LogP contribution in [0.15, 0.2) is 0 Å². The SMILES string of the molecule is CC(=O)N[C@@H](CCCCCC(C)(C)C)C(=O)O. The lowest BCUT2D eigenvalue weighted by molar-refractivity contribution is -0.141. The van der Waals surface area contributed by atoms with Crippen molar-refractivity contribution in [3.63, 3.8) is 0 Å². The van der Waals surface area contributed by atoms with Crippen LogP contribution in [0, 0.1) is 5.41 Å². The fourth-order valence-electron chi connectivity index (χ4n) is 1.68. The topological polar surface area (TPSA) is 66.4 Å². The van der Waals surface area contributed by atoms with Gasteiger partial charge in [0.15, 0.2) is 0 Å². The molecule has 0 rings (SSSR count). The lowest BCUT2D eigenvalue weighted by Crippen LogP contribution is -2.39. The molecule has 100 valence electrons. The van der Waals surface area contributed by atoms with Crippen molar-refractivity contribution >= 4 is 11.9 Å². The molecule has 0 aliphatic heterocycles. The summed E-state index contributed by atoms with van der Waals surface area (Å²) in [5.41, 5.74) is 0.337. The van der Waals surface area contributed by atoms with Crippen LogP contribution in [0.3, 0.4) is 0 Å². The maximum atomic E-state index is 10.8. The molecule has 4 nitrogen and oxygen atoms in total. The Morgan fingerprint density at radius 2 is 1.76 bits per heavy atom. The fraction of sp³-hybridized carbons (Fsp3) is 0.846. The van der Waals surface area contributed by atoms with E-state index in [4.69, 9.17) is 5.11 Å². The highest BCUT2D eigenvalue weighted by Gasteiger charge is 2.17. The van der Waals surface area contributed by atoms with Crippen molar-refractivity contribution in [1.29, 1.82) is 0 Å². The van der Waals surface area contributed by atoms with Crippen LogP contribution in [-0.2, 0) is 9.59 Å². The molecule has 0 spiro atoms. The van der Waals surface area contributed by atoms with Gasteiger partial charge in [-0.2, -0.15) is 0 Å². The number of carbonyl (C=O) groups excluding carboxylic acids is 1. The van der Waals surface area contributed by atoms with Gasteiger partial charge in [0, 0.05) is 6.92 Å². The van der Waals surface area contributed by atoms with Crippen LogP contribution in [0.5, 0.6) is 0 Å². The number of carboxylic acid groups (broad SMARTS) is 1. The van der Waals surface area contributed by atoms with Crippen molar-refractivity contribution in [2.75, 3.05) is 0 Å². The Bertz CT molecular complexity index is 256. The molecule has 0 aromatic rings. The maximum Gasteiger partial charge on any atom is 0.326 e. The van der Waals surface area contributed by atoms with Crippen molar-refractivity contribution in [3.05, 3.63) is 0 Å². The van der Waals surface area contributed by atoms with E-state index >= 15 is 0 Å². The second kappa shape index (κ2) is 7.30. The monoisotopic (exact) mass is 243 g/mol. The van der Waals surface area contributed by atoms with Gasteiger partial charge in [0.25, 0.3) is 0 Å². The second-order valence-electron chi connectivity index (χ2n) is 5.75. The van der Waals surface area contributed by atoms with Gasteiger partial charge in [-0.25, -0.2) is 4.79 Å². The molecule has 0 saturated carbocycles. The Morgan fingerprint density at radius 1 is 1.18 bits per heavy atom. The van der Waals surface area contributed by atoms with Crippen molar-refractivity contribution in [3.8, 4) is 0 Å². The zero-order valence-corrected chi connectivity index (χ0v) is 11.4. The summed E-state index contributed by atoms with van der Waals surface area (Å²) in [5, 5.41) is 11.3. The van der Waals surface area contributed by atoms with E-state index in [9.17, 15) is 9.59 Å². The van der Waals surface area contributed by atoms with Crippen molar-refractivity contribution in [2.24, 2.45) is 5.41 Å². The molecule has 0 aromatic heterocycles. The fourth-order valence-corrected chi connectivity index (χ4v) is 1.68. The molecule has 2 N–H and O–H groups in total. The van der Waals surface area contributed by atoms with Crippen molar-refractivity contribution in [1.82, 2.24) is 5.32 Å². The number of unbranched alkanes of at least 4 members (excludes halogenated alkanes) is 2. The molecular formula is C13H25NO3. The first kappa shape index (κ1) is 15.9. The molecule has 0 aliphatic rings. The van der Waals surface area contributed by atoms with Crippen LogP contribution in [0.25, 0.3) is 0 Å². The number of hydrogen-bond donors (Lipinski definition) is 2. The molecule has 1 amide bonds. The van der Waals surface area contributed by atoms with Gasteiger partial charge in [-0.15, -0.1) is 0 Å². The normalized spacial score (nSPS) is 13.2. The molecule has 0 heterocycles. The summed E-state index contributed by atoms with van der Waals surface area (Å²) in [6.07, 6.45) is 4.62. The number of carboxylic acids is 1. The highest BCUT2D eigenvalue weighted by atomic mass is 16.4. The van der Waals surface area contributed by atoms with Gasteiger partial charge in [-0.1, -0.05) is 40.0 Å². The van der Waals surface area contributed by atoms with E-state index in [0.717, 1.165) is 25.7 Å². The van der Waals surface area contributed by atoms with E-state index in [1.807, 2.05) is 0 Å². The van der Waals surface area contributed by atoms with Crippen LogP contribution in [0.4, 0.5) is 0 Å². The Hall–Kier alpha value is -1.06. The highest BCUT2D eigenvalue weighted by Crippen LogP contribution is 2.22. The zero-order chi connectivity index (χ0) is 13.5. The molecule has 0 aromatic carbocycles. The summed E-state index contributed by atoms with van der Waals surface area (Å²) >= 11 is 0. The summed E-state index contributed by atoms with van der Waals surface area (Å²) in [5.74, 6) is -1.23. The number of hydrogen-bond acceptors (Lipinski definition) is 2. The van der Waals surface area contributed by atoms with Crippen LogP contribution < -0.4 is 5.32 Å². The molecule has 1 atom stereocenters. The number of carbonyl (C=O) groups is 2. The zero-order valence-electron chi connectivity index (χ0n) is 11.4. The molecule has 4 heteroatoms. The molecule has 0 aliphatic carbocycles. The van der Waals surface area contributed by atoms with Crippen molar-refractivity contribution < 1.29 is 14.7 Å². The highest BCUT2D eigenvalue weighted by molar-refractivity contribution is 5.81. The standard InChI is InChI=1S/C13H25NO3/c1-10(15)14-11(12(16)17)8-6-5-7-9-13(2,3)4/h11H,5-9H2,1-4H3,(H,14,15)(H,16,17)/t11-/m0/s1. The summed E-state index contributed by atoms with van der Waals surface area (Å²) < 4.78 is 0. The number of rotatable bonds is 7. The first-order valence-electron chi connectivity index (χ1n) is 6.22. The van der Waals surface area contributed by atoms with E-state index in [0.29, 0.717) is 11.8 Å². The van der Waals surface area contributed by atoms with E-state index in [1.165, 1.54) is 6.92 Å². The first-order chi connectivity index (χ1) is 7.72. The molecule has 0 radical (unpaired) electrons. The van der Waals surface area contributed by atoms with E-state index in [2.05, 4.69) is 26.1 Å². The van der Waals surface area contributed by atoms with Gasteiger partial charge in [0.1, 0.15) is 6.04 Å². The van der Waals surface area contributed by atoms with E-state index in [1.54, 1.807) is 0 Å². The van der Waals surface area contributed by atoms with Crippen molar-refractivity contribution in [2.45, 2.75) is 65.8 Å². The number of nitrogens with one attached hydrogen (secondary N) is 1. The summed E-state index contributed by atoms with van der Waals surface area (Å²) in [7, 11) is 0. The lowest BCUT2D eigenvalue weighted by Gasteiger charge is -2.18. The molecule has 17 heavy (non-hydrogen) atoms. The minimum atomic E-state index is -0.948. The third-order valence-corrected chi connectivity index (χ3v) is 2.60. The smallest absolute Gasteiger partial charge is 0.326 e. The van der Waals surface area contributed by atoms with Crippen LogP contribution in [0.2, 0.25) is 0 Å². The molecule has 0 bridgehead atoms. The first-order valence-corrected chi connectivity index (χ1v) is 6.22. The second-order valence-corrected chi connectivity index (χ2v) is 5.75. The predicted molar refractivity (Wildman–Crippen MR) is 67.8 cm³/mol. The number of amides is 1. The van der Waals surface area contributed by atoms with E-state index < -0.39 is 12.0 Å². The summed E-state index contributed by atoms with van der Waals surface area (Å²) in [6.45, 7) is 7.94. The van der Waals surface area contributed by atoms with E-state index in [-0.39, 0.29) is 5.91 Å². The van der Waals surface area contributed by atoms with Gasteiger partial charge in [0.2, 0.25) is 5.91 Å². The molecule has 0 saturated heterocycles. The average Bonchev–Trinajstić information content (AvgIpc) is 2.12. The minimum absolute atomic E-state index is 0.285. The Morgan fingerprint density at radius 3 is 2.18 bits per heavy atom. The number of aliphatic carboxylic acids is 1. The molecular weight excluding hydrogens is 218 g/mol. The largest absolute Gasteiger partial charge is 0.480 e. The van der Waals surface area contributed by atoms with Gasteiger partial charge >= 0.3 is 5.97 Å². The summed E-state index contributed by atoms with van der Waals surface area (Å²) in [6, 6.07) is -0.734. The quantitative estimate of drug-likeness (QED) is 0.675. The minimum Gasteiger partial charge on any atom is -0.480 e. The Labute approximate surface area is 104 Å². The van der Waals surface area contributed by atoms with Crippen LogP contribution in [0.1, 0.15) is 59.8 Å². The average molecular weight is 243 g/mol. The van der Waals surface area contributed by atoms with Gasteiger partial charge in [-0.05, 0) is 18.3 Å². The summed E-state index contributed by atoms with van der Waals surface area (Å²) in [4.78, 5) is 21.6. The Kier molecular flexibility index (Phi) is 6.85. The maximum absolute atomic E-state index is 10.8. The third-order valence-electron chi connectivity index (χ3n) is 2.60. The van der Waals surface area contributed by atoms with Gasteiger partial charge in [0.05, 0.1) is 0 Å². The van der Waals surface area contributed by atoms with Crippen LogP contribution in [-0.4, -0.2) is 23.0 Å². The Balaban J connectivity index is 3.76. The van der Waals surface area contributed by atoms with Crippen LogP contribution >= 0.6 is 0 Å². The van der Waals surface area contributed by atoms with Gasteiger partial charge in [-0.3, -0.25) is 4.79 Å². The lowest BCUT2D eigenvalue weighted by atomic mass is 9.89. The molecule has 0 unspecified atom stereocenters. The molecule has 0 fully saturated rings. The third kappa shape index (κ3) is 9.85. The van der Waals surface area contributed by atoms with Gasteiger partial charge < -0.3 is 10.4 Å².